The van der Waals surface area contributed by atoms with E-state index in [0.717, 1.165) is 24.4 Å². The number of phenols is 1. The van der Waals surface area contributed by atoms with Crippen molar-refractivity contribution in [2.45, 2.75) is 38.5 Å². The molecule has 0 amide bonds. The van der Waals surface area contributed by atoms with Crippen molar-refractivity contribution in [3.05, 3.63) is 24.3 Å². The number of hydrogen-bond acceptors (Lipinski definition) is 2. The number of aromatic hydroxyl groups is 1. The molecule has 0 radical (unpaired) electrons. The lowest BCUT2D eigenvalue weighted by Gasteiger charge is -2.56. The van der Waals surface area contributed by atoms with Gasteiger partial charge in [0.1, 0.15) is 0 Å². The Hall–Kier alpha value is -1.18. The zero-order valence-electron chi connectivity index (χ0n) is 11.3. The molecule has 2 nitrogen and oxygen atoms in total. The van der Waals surface area contributed by atoms with Gasteiger partial charge in [-0.05, 0) is 68.4 Å². The smallest absolute Gasteiger partial charge is 0.160 e. The quantitative estimate of drug-likeness (QED) is 0.888. The molecule has 0 saturated heterocycles. The average molecular weight is 258 g/mol. The second-order valence-electron chi connectivity index (χ2n) is 7.17. The molecule has 0 unspecified atom stereocenters. The summed E-state index contributed by atoms with van der Waals surface area (Å²) in [7, 11) is 0. The first-order valence-electron chi connectivity index (χ1n) is 7.63. The van der Waals surface area contributed by atoms with Crippen molar-refractivity contribution in [1.82, 2.24) is 0 Å². The first-order valence-corrected chi connectivity index (χ1v) is 7.63. The second kappa shape index (κ2) is 4.16. The summed E-state index contributed by atoms with van der Waals surface area (Å²) < 4.78 is 5.97. The van der Waals surface area contributed by atoms with Gasteiger partial charge in [-0.15, -0.1) is 0 Å². The molecule has 1 aromatic rings. The van der Waals surface area contributed by atoms with Crippen molar-refractivity contribution in [3.63, 3.8) is 0 Å². The lowest BCUT2D eigenvalue weighted by Crippen LogP contribution is -2.48. The Morgan fingerprint density at radius 3 is 2.16 bits per heavy atom. The molecule has 4 aliphatic carbocycles. The van der Waals surface area contributed by atoms with E-state index in [2.05, 4.69) is 0 Å². The number of rotatable bonds is 3. The minimum Gasteiger partial charge on any atom is -0.504 e. The molecule has 19 heavy (non-hydrogen) atoms. The Bertz CT molecular complexity index is 445. The van der Waals surface area contributed by atoms with E-state index in [9.17, 15) is 5.11 Å². The number of benzene rings is 1. The van der Waals surface area contributed by atoms with Gasteiger partial charge in [0, 0.05) is 5.41 Å². The second-order valence-corrected chi connectivity index (χ2v) is 7.17. The van der Waals surface area contributed by atoms with Gasteiger partial charge < -0.3 is 9.84 Å². The molecule has 4 saturated carbocycles. The molecule has 0 spiro atoms. The molecule has 1 N–H and O–H groups in total. The van der Waals surface area contributed by atoms with Crippen molar-refractivity contribution in [1.29, 1.82) is 0 Å². The van der Waals surface area contributed by atoms with Crippen LogP contribution in [-0.2, 0) is 0 Å². The van der Waals surface area contributed by atoms with Crippen LogP contribution in [0, 0.1) is 23.2 Å². The van der Waals surface area contributed by atoms with Crippen LogP contribution in [-0.4, -0.2) is 11.7 Å². The van der Waals surface area contributed by atoms with Crippen LogP contribution >= 0.6 is 0 Å². The minimum absolute atomic E-state index is 0.271. The Morgan fingerprint density at radius 2 is 1.58 bits per heavy atom. The Kier molecular flexibility index (Phi) is 2.54. The largest absolute Gasteiger partial charge is 0.504 e. The topological polar surface area (TPSA) is 29.5 Å². The van der Waals surface area contributed by atoms with Crippen molar-refractivity contribution < 1.29 is 9.84 Å². The molecule has 0 atom stereocenters. The minimum atomic E-state index is 0.271. The summed E-state index contributed by atoms with van der Waals surface area (Å²) in [5.74, 6) is 3.79. The summed E-state index contributed by atoms with van der Waals surface area (Å²) in [4.78, 5) is 0. The highest BCUT2D eigenvalue weighted by Crippen LogP contribution is 2.60. The monoisotopic (exact) mass is 258 g/mol. The lowest BCUT2D eigenvalue weighted by atomic mass is 9.50. The fourth-order valence-electron chi connectivity index (χ4n) is 5.28. The van der Waals surface area contributed by atoms with Gasteiger partial charge in [0.2, 0.25) is 0 Å². The van der Waals surface area contributed by atoms with Crippen LogP contribution in [0.25, 0.3) is 0 Å². The van der Waals surface area contributed by atoms with Crippen LogP contribution in [0.1, 0.15) is 38.5 Å². The van der Waals surface area contributed by atoms with E-state index < -0.39 is 0 Å². The van der Waals surface area contributed by atoms with Crippen LogP contribution in [0.15, 0.2) is 24.3 Å². The molecule has 0 aliphatic heterocycles. The number of phenolic OH excluding ortho intramolecular Hbond substituents is 1. The molecular weight excluding hydrogens is 236 g/mol. The summed E-state index contributed by atoms with van der Waals surface area (Å²) in [6.07, 6.45) is 8.47. The fourth-order valence-corrected chi connectivity index (χ4v) is 5.28. The molecule has 1 aromatic carbocycles. The van der Waals surface area contributed by atoms with Gasteiger partial charge in [-0.25, -0.2) is 0 Å². The maximum absolute atomic E-state index is 9.80. The third-order valence-corrected chi connectivity index (χ3v) is 5.56. The molecule has 5 rings (SSSR count). The lowest BCUT2D eigenvalue weighted by molar-refractivity contribution is -0.0747. The summed E-state index contributed by atoms with van der Waals surface area (Å²) >= 11 is 0. The number of hydrogen-bond donors (Lipinski definition) is 1. The zero-order chi connectivity index (χ0) is 12.9. The summed E-state index contributed by atoms with van der Waals surface area (Å²) in [5.41, 5.74) is 0.414. The highest BCUT2D eigenvalue weighted by Gasteiger charge is 2.51. The first kappa shape index (κ1) is 11.6. The van der Waals surface area contributed by atoms with E-state index >= 15 is 0 Å². The van der Waals surface area contributed by atoms with Crippen LogP contribution < -0.4 is 4.74 Å². The van der Waals surface area contributed by atoms with Gasteiger partial charge in [-0.3, -0.25) is 0 Å². The van der Waals surface area contributed by atoms with Crippen molar-refractivity contribution in [3.8, 4) is 11.5 Å². The SMILES string of the molecule is Oc1ccccc1OCC12CC3CC(CC(C3)C1)C2. The molecule has 2 heteroatoms. The van der Waals surface area contributed by atoms with Gasteiger partial charge in [0.05, 0.1) is 6.61 Å². The van der Waals surface area contributed by atoms with Gasteiger partial charge in [-0.1, -0.05) is 12.1 Å². The first-order chi connectivity index (χ1) is 9.22. The van der Waals surface area contributed by atoms with Gasteiger partial charge in [-0.2, -0.15) is 0 Å². The number of ether oxygens (including phenoxy) is 1. The van der Waals surface area contributed by atoms with Crippen LogP contribution in [0.3, 0.4) is 0 Å². The number of para-hydroxylation sites is 2. The predicted octanol–water partition coefficient (Wildman–Crippen LogP) is 3.99. The third kappa shape index (κ3) is 2.01. The van der Waals surface area contributed by atoms with Gasteiger partial charge >= 0.3 is 0 Å². The van der Waals surface area contributed by atoms with E-state index in [-0.39, 0.29) is 5.75 Å². The zero-order valence-corrected chi connectivity index (χ0v) is 11.3. The van der Waals surface area contributed by atoms with Crippen molar-refractivity contribution >= 4 is 0 Å². The molecule has 4 aliphatic rings. The average Bonchev–Trinajstić information content (AvgIpc) is 2.36. The maximum Gasteiger partial charge on any atom is 0.160 e. The molecular formula is C17H22O2. The Morgan fingerprint density at radius 1 is 1.00 bits per heavy atom. The van der Waals surface area contributed by atoms with Crippen molar-refractivity contribution in [2.24, 2.45) is 23.2 Å². The Labute approximate surface area is 114 Å². The molecule has 4 bridgehead atoms. The molecule has 0 aromatic heterocycles. The van der Waals surface area contributed by atoms with Crippen LogP contribution in [0.4, 0.5) is 0 Å². The molecule has 4 fully saturated rings. The van der Waals surface area contributed by atoms with Crippen LogP contribution in [0.5, 0.6) is 11.5 Å². The summed E-state index contributed by atoms with van der Waals surface area (Å²) in [5, 5.41) is 9.80. The van der Waals surface area contributed by atoms with Crippen molar-refractivity contribution in [2.75, 3.05) is 6.61 Å². The molecule has 102 valence electrons. The summed E-state index contributed by atoms with van der Waals surface area (Å²) in [6, 6.07) is 7.34. The fraction of sp³-hybridized carbons (Fsp3) is 0.647. The van der Waals surface area contributed by atoms with E-state index in [4.69, 9.17) is 4.74 Å². The van der Waals surface area contributed by atoms with Crippen LogP contribution in [0.2, 0.25) is 0 Å². The van der Waals surface area contributed by atoms with E-state index in [1.807, 2.05) is 18.2 Å². The van der Waals surface area contributed by atoms with Gasteiger partial charge in [0.15, 0.2) is 11.5 Å². The highest BCUT2D eigenvalue weighted by atomic mass is 16.5. The highest BCUT2D eigenvalue weighted by molar-refractivity contribution is 5.37. The van der Waals surface area contributed by atoms with E-state index in [0.29, 0.717) is 11.2 Å². The summed E-state index contributed by atoms with van der Waals surface area (Å²) in [6.45, 7) is 0.800. The Balaban J connectivity index is 1.49. The van der Waals surface area contributed by atoms with E-state index in [1.54, 1.807) is 6.07 Å². The third-order valence-electron chi connectivity index (χ3n) is 5.56. The standard InChI is InChI=1S/C17H22O2/c18-15-3-1-2-4-16(15)19-11-17-8-12-5-13(9-17)7-14(6-12)10-17/h1-4,12-14,18H,5-11H2. The predicted molar refractivity (Wildman–Crippen MR) is 74.2 cm³/mol. The normalized spacial score (nSPS) is 39.5. The van der Waals surface area contributed by atoms with Gasteiger partial charge in [0.25, 0.3) is 0 Å². The maximum atomic E-state index is 9.80. The molecule has 0 heterocycles. The van der Waals surface area contributed by atoms with E-state index in [1.165, 1.54) is 38.5 Å².